The van der Waals surface area contributed by atoms with Crippen molar-refractivity contribution in [1.29, 1.82) is 0 Å². The van der Waals surface area contributed by atoms with Crippen molar-refractivity contribution in [3.05, 3.63) is 60.4 Å². The minimum Gasteiger partial charge on any atom is -0.368 e. The quantitative estimate of drug-likeness (QED) is 0.750. The molecule has 0 saturated heterocycles. The maximum atomic E-state index is 12.9. The summed E-state index contributed by atoms with van der Waals surface area (Å²) >= 11 is 0. The molecule has 0 unspecified atom stereocenters. The first kappa shape index (κ1) is 17.8. The molecule has 26 heavy (non-hydrogen) atoms. The number of pyridine rings is 1. The van der Waals surface area contributed by atoms with Crippen molar-refractivity contribution in [1.82, 2.24) is 15.0 Å². The third-order valence-electron chi connectivity index (χ3n) is 3.44. The van der Waals surface area contributed by atoms with Crippen molar-refractivity contribution in [2.45, 2.75) is 16.0 Å². The van der Waals surface area contributed by atoms with Crippen LogP contribution in [0.15, 0.2) is 64.6 Å². The number of alkyl halides is 3. The largest absolute Gasteiger partial charge is 0.416 e. The van der Waals surface area contributed by atoms with E-state index in [-0.39, 0.29) is 22.2 Å². The molecule has 0 bridgehead atoms. The minimum absolute atomic E-state index is 0.0875. The second kappa shape index (κ2) is 6.37. The number of anilines is 1. The van der Waals surface area contributed by atoms with Crippen molar-refractivity contribution < 1.29 is 21.6 Å². The van der Waals surface area contributed by atoms with Gasteiger partial charge >= 0.3 is 6.18 Å². The second-order valence-corrected chi connectivity index (χ2v) is 7.10. The Balaban J connectivity index is 2.21. The van der Waals surface area contributed by atoms with E-state index in [0.717, 1.165) is 24.4 Å². The Hall–Kier alpha value is -3.01. The molecular formula is C16H11F3N4O2S. The molecular weight excluding hydrogens is 369 g/mol. The molecule has 0 aliphatic rings. The number of rotatable bonds is 3. The zero-order chi connectivity index (χ0) is 18.9. The highest BCUT2D eigenvalue weighted by atomic mass is 32.2. The number of hydrogen-bond acceptors (Lipinski definition) is 6. The van der Waals surface area contributed by atoms with E-state index in [1.54, 1.807) is 12.1 Å². The van der Waals surface area contributed by atoms with E-state index in [1.807, 2.05) is 0 Å². The van der Waals surface area contributed by atoms with Crippen LogP contribution in [0, 0.1) is 0 Å². The van der Waals surface area contributed by atoms with Crippen LogP contribution in [-0.2, 0) is 16.0 Å². The highest BCUT2D eigenvalue weighted by molar-refractivity contribution is 7.91. The number of nitrogens with zero attached hydrogens (tertiary/aromatic N) is 3. The fourth-order valence-corrected chi connectivity index (χ4v) is 3.62. The fourth-order valence-electron chi connectivity index (χ4n) is 2.23. The summed E-state index contributed by atoms with van der Waals surface area (Å²) in [5.41, 5.74) is 4.57. The summed E-state index contributed by atoms with van der Waals surface area (Å²) in [7, 11) is -4.34. The van der Waals surface area contributed by atoms with Gasteiger partial charge in [0, 0.05) is 6.20 Å². The Morgan fingerprint density at radius 1 is 1.00 bits per heavy atom. The van der Waals surface area contributed by atoms with Crippen LogP contribution < -0.4 is 5.73 Å². The van der Waals surface area contributed by atoms with E-state index < -0.39 is 26.5 Å². The second-order valence-electron chi connectivity index (χ2n) is 5.19. The van der Waals surface area contributed by atoms with Gasteiger partial charge in [0.25, 0.3) is 0 Å². The van der Waals surface area contributed by atoms with Crippen LogP contribution in [0.25, 0.3) is 11.4 Å². The molecule has 10 heteroatoms. The lowest BCUT2D eigenvalue weighted by molar-refractivity contribution is -0.137. The molecule has 2 aromatic heterocycles. The van der Waals surface area contributed by atoms with Crippen molar-refractivity contribution in [3.63, 3.8) is 0 Å². The maximum Gasteiger partial charge on any atom is 0.416 e. The number of hydrogen-bond donors (Lipinski definition) is 1. The van der Waals surface area contributed by atoms with Gasteiger partial charge in [-0.05, 0) is 30.3 Å². The molecule has 0 saturated carbocycles. The fraction of sp³-hybridized carbons (Fsp3) is 0.0625. The van der Waals surface area contributed by atoms with Gasteiger partial charge in [-0.15, -0.1) is 0 Å². The van der Waals surface area contributed by atoms with E-state index in [1.165, 1.54) is 12.3 Å². The van der Waals surface area contributed by atoms with Crippen LogP contribution in [0.5, 0.6) is 0 Å². The van der Waals surface area contributed by atoms with Gasteiger partial charge in [0.15, 0.2) is 0 Å². The third-order valence-corrected chi connectivity index (χ3v) is 5.19. The third kappa shape index (κ3) is 3.36. The van der Waals surface area contributed by atoms with Gasteiger partial charge in [-0.1, -0.05) is 12.1 Å². The number of aromatic nitrogens is 3. The van der Waals surface area contributed by atoms with Gasteiger partial charge in [-0.25, -0.2) is 18.4 Å². The maximum absolute atomic E-state index is 12.9. The van der Waals surface area contributed by atoms with Gasteiger partial charge in [0.05, 0.1) is 22.3 Å². The summed E-state index contributed by atoms with van der Waals surface area (Å²) in [6.45, 7) is 0. The molecule has 3 aromatic rings. The number of nitrogens with two attached hydrogens (primary N) is 1. The number of sulfone groups is 1. The lowest BCUT2D eigenvalue weighted by Crippen LogP contribution is -2.11. The number of nitrogen functional groups attached to an aromatic ring is 1. The average Bonchev–Trinajstić information content (AvgIpc) is 2.61. The van der Waals surface area contributed by atoms with E-state index in [2.05, 4.69) is 15.0 Å². The van der Waals surface area contributed by atoms with Gasteiger partial charge in [0.2, 0.25) is 15.8 Å². The molecule has 134 valence electrons. The van der Waals surface area contributed by atoms with Crippen LogP contribution in [0.1, 0.15) is 5.56 Å². The lowest BCUT2D eigenvalue weighted by Gasteiger charge is -2.12. The summed E-state index contributed by atoms with van der Waals surface area (Å²) in [4.78, 5) is 10.7. The van der Waals surface area contributed by atoms with E-state index in [4.69, 9.17) is 5.73 Å². The smallest absolute Gasteiger partial charge is 0.368 e. The molecule has 0 amide bonds. The summed E-state index contributed by atoms with van der Waals surface area (Å²) in [6, 6.07) is 8.19. The Kier molecular flexibility index (Phi) is 4.36. The minimum atomic E-state index is -4.67. The first-order valence-electron chi connectivity index (χ1n) is 7.16. The van der Waals surface area contributed by atoms with E-state index in [0.29, 0.717) is 6.07 Å². The predicted octanol–water partition coefficient (Wildman–Crippen LogP) is 2.97. The Morgan fingerprint density at radius 3 is 2.42 bits per heavy atom. The van der Waals surface area contributed by atoms with Crippen molar-refractivity contribution in [2.75, 3.05) is 5.73 Å². The van der Waals surface area contributed by atoms with Gasteiger partial charge in [-0.3, -0.25) is 4.98 Å². The Morgan fingerprint density at radius 2 is 1.77 bits per heavy atom. The first-order chi connectivity index (χ1) is 12.2. The zero-order valence-corrected chi connectivity index (χ0v) is 13.8. The van der Waals surface area contributed by atoms with Gasteiger partial charge < -0.3 is 5.73 Å². The van der Waals surface area contributed by atoms with Crippen molar-refractivity contribution in [2.24, 2.45) is 0 Å². The normalized spacial score (nSPS) is 12.1. The standard InChI is InChI=1S/C16H11F3N4O2S/c17-16(18,19)10-4-3-5-11(8-10)26(24,25)13-9-22-15(20)23-14(13)12-6-1-2-7-21-12/h1-9H,(H2,20,22,23). The monoisotopic (exact) mass is 380 g/mol. The molecule has 0 aliphatic heterocycles. The molecule has 0 atom stereocenters. The van der Waals surface area contributed by atoms with Crippen LogP contribution in [-0.4, -0.2) is 23.4 Å². The SMILES string of the molecule is Nc1ncc(S(=O)(=O)c2cccc(C(F)(F)F)c2)c(-c2ccccn2)n1. The number of benzene rings is 1. The number of halogens is 3. The molecule has 2 N–H and O–H groups in total. The molecule has 3 rings (SSSR count). The zero-order valence-electron chi connectivity index (χ0n) is 13.0. The lowest BCUT2D eigenvalue weighted by atomic mass is 10.2. The van der Waals surface area contributed by atoms with Crippen molar-refractivity contribution >= 4 is 15.8 Å². The summed E-state index contributed by atoms with van der Waals surface area (Å²) in [5.74, 6) is -0.186. The molecule has 6 nitrogen and oxygen atoms in total. The van der Waals surface area contributed by atoms with Gasteiger partial charge in [0.1, 0.15) is 10.6 Å². The van der Waals surface area contributed by atoms with Gasteiger partial charge in [-0.2, -0.15) is 13.2 Å². The highest BCUT2D eigenvalue weighted by Crippen LogP contribution is 2.33. The molecule has 0 spiro atoms. The van der Waals surface area contributed by atoms with Crippen molar-refractivity contribution in [3.8, 4) is 11.4 Å². The average molecular weight is 380 g/mol. The Bertz CT molecular complexity index is 1050. The van der Waals surface area contributed by atoms with E-state index >= 15 is 0 Å². The first-order valence-corrected chi connectivity index (χ1v) is 8.64. The topological polar surface area (TPSA) is 98.8 Å². The van der Waals surface area contributed by atoms with Crippen LogP contribution in [0.3, 0.4) is 0 Å². The summed E-state index contributed by atoms with van der Waals surface area (Å²) in [6.07, 6.45) is -2.29. The molecule has 0 radical (unpaired) electrons. The van der Waals surface area contributed by atoms with E-state index in [9.17, 15) is 21.6 Å². The van der Waals surface area contributed by atoms with Crippen LogP contribution >= 0.6 is 0 Å². The predicted molar refractivity (Wildman–Crippen MR) is 86.6 cm³/mol. The molecule has 0 aliphatic carbocycles. The molecule has 2 heterocycles. The van der Waals surface area contributed by atoms with Crippen LogP contribution in [0.4, 0.5) is 19.1 Å². The molecule has 1 aromatic carbocycles. The highest BCUT2D eigenvalue weighted by Gasteiger charge is 2.33. The Labute approximate surface area is 146 Å². The van der Waals surface area contributed by atoms with Crippen LogP contribution in [0.2, 0.25) is 0 Å². The summed E-state index contributed by atoms with van der Waals surface area (Å²) in [5, 5.41) is 0. The molecule has 0 fully saturated rings. The summed E-state index contributed by atoms with van der Waals surface area (Å²) < 4.78 is 64.5.